The minimum atomic E-state index is 0.210. The molecule has 9 aromatic rings. The molecule has 254 valence electrons. The Kier molecular flexibility index (Phi) is 7.21. The largest absolute Gasteiger partial charge is 0.368 e. The maximum Gasteiger partial charge on any atom is 0.103 e. The molecule has 2 aliphatic rings. The minimum Gasteiger partial charge on any atom is -0.368 e. The van der Waals surface area contributed by atoms with Gasteiger partial charge in [0.05, 0.1) is 11.4 Å². The molecule has 11 rings (SSSR count). The molecule has 1 aliphatic carbocycles. The van der Waals surface area contributed by atoms with Crippen molar-refractivity contribution in [1.82, 2.24) is 5.32 Å². The number of thioether (sulfide) groups is 1. The average Bonchev–Trinajstić information content (AvgIpc) is 3.82. The fourth-order valence-corrected chi connectivity index (χ4v) is 9.95. The number of hydrogen-bond donors (Lipinski definition) is 1. The van der Waals surface area contributed by atoms with E-state index in [9.17, 15) is 0 Å². The highest BCUT2D eigenvalue weighted by Crippen LogP contribution is 2.57. The van der Waals surface area contributed by atoms with E-state index in [1.165, 1.54) is 87.6 Å². The number of nitrogens with one attached hydrogen (secondary N) is 1. The van der Waals surface area contributed by atoms with E-state index in [1.807, 2.05) is 11.8 Å². The van der Waals surface area contributed by atoms with Gasteiger partial charge in [-0.2, -0.15) is 0 Å². The summed E-state index contributed by atoms with van der Waals surface area (Å²) in [6.45, 7) is 0. The molecule has 0 radical (unpaired) electrons. The summed E-state index contributed by atoms with van der Waals surface area (Å²) in [6.07, 6.45) is 0. The summed E-state index contributed by atoms with van der Waals surface area (Å²) in [5.74, 6) is 0. The first kappa shape index (κ1) is 31.0. The maximum atomic E-state index is 3.90. The highest BCUT2D eigenvalue weighted by molar-refractivity contribution is 8.09. The monoisotopic (exact) mass is 706 g/mol. The van der Waals surface area contributed by atoms with Gasteiger partial charge < -0.3 is 10.2 Å². The van der Waals surface area contributed by atoms with Crippen LogP contribution >= 0.6 is 11.8 Å². The van der Waals surface area contributed by atoms with Crippen LogP contribution in [0.1, 0.15) is 22.1 Å². The second-order valence-corrected chi connectivity index (χ2v) is 15.2. The van der Waals surface area contributed by atoms with Crippen LogP contribution in [0.3, 0.4) is 0 Å². The summed E-state index contributed by atoms with van der Waals surface area (Å²) in [4.78, 5) is 3.79. The van der Waals surface area contributed by atoms with Gasteiger partial charge in [0.15, 0.2) is 0 Å². The topological polar surface area (TPSA) is 15.3 Å². The van der Waals surface area contributed by atoms with E-state index in [0.29, 0.717) is 0 Å². The predicted octanol–water partition coefficient (Wildman–Crippen LogP) is 14.1. The third-order valence-electron chi connectivity index (χ3n) is 11.0. The van der Waals surface area contributed by atoms with Crippen LogP contribution in [0.4, 0.5) is 17.1 Å². The number of benzene rings is 9. The molecule has 0 spiro atoms. The quantitative estimate of drug-likeness (QED) is 0.173. The lowest BCUT2D eigenvalue weighted by atomic mass is 9.86. The summed E-state index contributed by atoms with van der Waals surface area (Å²) in [5, 5.41) is 11.6. The van der Waals surface area contributed by atoms with Crippen molar-refractivity contribution in [3.63, 3.8) is 0 Å². The van der Waals surface area contributed by atoms with E-state index in [1.54, 1.807) is 0 Å². The molecule has 1 heterocycles. The fourth-order valence-electron chi connectivity index (χ4n) is 8.66. The maximum absolute atomic E-state index is 3.90. The Balaban J connectivity index is 1.11. The highest BCUT2D eigenvalue weighted by atomic mass is 32.2. The number of para-hydroxylation sites is 1. The minimum absolute atomic E-state index is 0.210. The zero-order valence-corrected chi connectivity index (χ0v) is 30.2. The summed E-state index contributed by atoms with van der Waals surface area (Å²) in [7, 11) is 0. The lowest BCUT2D eigenvalue weighted by Crippen LogP contribution is -2.12. The van der Waals surface area contributed by atoms with Crippen molar-refractivity contribution in [3.8, 4) is 22.3 Å². The van der Waals surface area contributed by atoms with Crippen molar-refractivity contribution >= 4 is 71.7 Å². The van der Waals surface area contributed by atoms with Gasteiger partial charge in [-0.05, 0) is 73.8 Å². The van der Waals surface area contributed by atoms with Crippen molar-refractivity contribution in [1.29, 1.82) is 0 Å². The summed E-state index contributed by atoms with van der Waals surface area (Å²) in [5.41, 5.74) is 13.6. The molecule has 9 aromatic carbocycles. The number of anilines is 3. The van der Waals surface area contributed by atoms with Gasteiger partial charge >= 0.3 is 0 Å². The first-order valence-corrected chi connectivity index (χ1v) is 19.4. The van der Waals surface area contributed by atoms with Crippen LogP contribution in [0, 0.1) is 0 Å². The van der Waals surface area contributed by atoms with E-state index in [0.717, 1.165) is 11.4 Å². The summed E-state index contributed by atoms with van der Waals surface area (Å²) < 4.78 is 0. The van der Waals surface area contributed by atoms with Crippen LogP contribution in [0.5, 0.6) is 0 Å². The number of nitrogens with zero attached hydrogens (tertiary/aromatic N) is 1. The molecule has 0 saturated heterocycles. The van der Waals surface area contributed by atoms with E-state index < -0.39 is 0 Å². The Morgan fingerprint density at radius 3 is 1.63 bits per heavy atom. The molecule has 1 unspecified atom stereocenters. The SMILES string of the molecule is c1ccc(-c2ccc(N(c3ccccc3)c3c4ccccc4c(-c4ccc5c6c(cccc46)C4=C5NC(c5ccccc5)S4)c4ccccc34)cc2)cc1. The van der Waals surface area contributed by atoms with Gasteiger partial charge in [-0.25, -0.2) is 0 Å². The molecule has 0 aromatic heterocycles. The van der Waals surface area contributed by atoms with Gasteiger partial charge in [0, 0.05) is 38.0 Å². The second-order valence-electron chi connectivity index (χ2n) is 14.0. The normalized spacial score (nSPS) is 14.5. The molecule has 3 heteroatoms. The molecule has 0 bridgehead atoms. The molecule has 0 fully saturated rings. The van der Waals surface area contributed by atoms with Crippen molar-refractivity contribution in [3.05, 3.63) is 211 Å². The van der Waals surface area contributed by atoms with Crippen LogP contribution in [0.15, 0.2) is 194 Å². The Bertz CT molecular complexity index is 2840. The molecule has 54 heavy (non-hydrogen) atoms. The average molecular weight is 707 g/mol. The third kappa shape index (κ3) is 4.82. The molecule has 0 amide bonds. The molecule has 1 aliphatic heterocycles. The predicted molar refractivity (Wildman–Crippen MR) is 231 cm³/mol. The van der Waals surface area contributed by atoms with Crippen molar-refractivity contribution < 1.29 is 0 Å². The van der Waals surface area contributed by atoms with Gasteiger partial charge in [-0.3, -0.25) is 0 Å². The van der Waals surface area contributed by atoms with Crippen molar-refractivity contribution in [2.75, 3.05) is 4.90 Å². The number of fused-ring (bicyclic) bond motifs is 4. The van der Waals surface area contributed by atoms with Crippen LogP contribution in [-0.2, 0) is 0 Å². The Morgan fingerprint density at radius 2 is 0.944 bits per heavy atom. The van der Waals surface area contributed by atoms with Crippen LogP contribution in [0.25, 0.3) is 65.2 Å². The van der Waals surface area contributed by atoms with Gasteiger partial charge in [0.2, 0.25) is 0 Å². The van der Waals surface area contributed by atoms with E-state index >= 15 is 0 Å². The molecule has 1 atom stereocenters. The molecular weight excluding hydrogens is 673 g/mol. The molecular formula is C51H34N2S. The molecule has 0 saturated carbocycles. The highest BCUT2D eigenvalue weighted by Gasteiger charge is 2.34. The smallest absolute Gasteiger partial charge is 0.103 e. The van der Waals surface area contributed by atoms with Gasteiger partial charge in [0.1, 0.15) is 5.37 Å². The van der Waals surface area contributed by atoms with Gasteiger partial charge in [-0.1, -0.05) is 182 Å². The standard InChI is InChI=1S/C51H34N2S/c1-4-15-33(16-5-1)34-27-29-37(30-28-34)53(36-19-8-3-9-20-36)49-42-23-12-10-21-39(42)46(40-22-11-13-24-43(40)49)41-31-32-44-47-38(41)25-14-26-45(47)50-48(44)52-51(54-50)35-17-6-2-7-18-35/h1-32,51-52H. The first-order chi connectivity index (χ1) is 26.8. The molecule has 2 nitrogen and oxygen atoms in total. The molecule has 1 N–H and O–H groups in total. The van der Waals surface area contributed by atoms with Crippen molar-refractivity contribution in [2.24, 2.45) is 0 Å². The van der Waals surface area contributed by atoms with E-state index in [2.05, 4.69) is 204 Å². The number of hydrogen-bond acceptors (Lipinski definition) is 3. The number of rotatable bonds is 6. The fraction of sp³-hybridized carbons (Fsp3) is 0.0196. The van der Waals surface area contributed by atoms with Gasteiger partial charge in [-0.15, -0.1) is 0 Å². The Labute approximate surface area is 319 Å². The third-order valence-corrected chi connectivity index (χ3v) is 12.3. The Morgan fingerprint density at radius 1 is 0.407 bits per heavy atom. The van der Waals surface area contributed by atoms with Crippen LogP contribution < -0.4 is 10.2 Å². The zero-order valence-electron chi connectivity index (χ0n) is 29.4. The summed E-state index contributed by atoms with van der Waals surface area (Å²) >= 11 is 1.93. The van der Waals surface area contributed by atoms with Gasteiger partial charge in [0.25, 0.3) is 0 Å². The lowest BCUT2D eigenvalue weighted by molar-refractivity contribution is 0.882. The second kappa shape index (κ2) is 12.5. The van der Waals surface area contributed by atoms with E-state index in [-0.39, 0.29) is 5.37 Å². The summed E-state index contributed by atoms with van der Waals surface area (Å²) in [6, 6.07) is 70.7. The van der Waals surface area contributed by atoms with Crippen LogP contribution in [-0.4, -0.2) is 0 Å². The first-order valence-electron chi connectivity index (χ1n) is 18.6. The zero-order chi connectivity index (χ0) is 35.6. The van der Waals surface area contributed by atoms with Crippen LogP contribution in [0.2, 0.25) is 0 Å². The Hall–Kier alpha value is -6.55. The van der Waals surface area contributed by atoms with E-state index in [4.69, 9.17) is 0 Å². The van der Waals surface area contributed by atoms with Crippen molar-refractivity contribution in [2.45, 2.75) is 5.37 Å². The lowest BCUT2D eigenvalue weighted by Gasteiger charge is -2.30.